The van der Waals surface area contributed by atoms with Gasteiger partial charge in [-0.2, -0.15) is 5.10 Å². The fourth-order valence-electron chi connectivity index (χ4n) is 1.84. The first-order valence-corrected chi connectivity index (χ1v) is 7.61. The van der Waals surface area contributed by atoms with E-state index < -0.39 is 0 Å². The Labute approximate surface area is 133 Å². The van der Waals surface area contributed by atoms with Crippen molar-refractivity contribution in [1.82, 2.24) is 4.98 Å². The average Bonchev–Trinajstić information content (AvgIpc) is 2.90. The Balaban J connectivity index is 2.19. The van der Waals surface area contributed by atoms with Gasteiger partial charge in [0.2, 0.25) is 5.13 Å². The summed E-state index contributed by atoms with van der Waals surface area (Å²) in [6, 6.07) is 3.56. The summed E-state index contributed by atoms with van der Waals surface area (Å²) in [4.78, 5) is 4.04. The van der Waals surface area contributed by atoms with Crippen molar-refractivity contribution in [3.05, 3.63) is 41.3 Å². The molecule has 0 aliphatic rings. The number of nitrogens with one attached hydrogen (secondary N) is 1. The number of nitrogens with two attached hydrogens (primary N) is 1. The van der Waals surface area contributed by atoms with Crippen LogP contribution in [0.3, 0.4) is 0 Å². The Morgan fingerprint density at radius 3 is 3.00 bits per heavy atom. The molecule has 4 N–H and O–H groups in total. The van der Waals surface area contributed by atoms with Crippen LogP contribution in [0.15, 0.2) is 35.3 Å². The van der Waals surface area contributed by atoms with Gasteiger partial charge in [-0.05, 0) is 31.0 Å². The van der Waals surface area contributed by atoms with Crippen LogP contribution in [0, 0.1) is 0 Å². The van der Waals surface area contributed by atoms with E-state index in [1.54, 1.807) is 23.7 Å². The van der Waals surface area contributed by atoms with Gasteiger partial charge in [-0.1, -0.05) is 6.08 Å². The maximum absolute atomic E-state index is 10.1. The molecule has 2 aromatic rings. The van der Waals surface area contributed by atoms with Crippen molar-refractivity contribution in [1.29, 1.82) is 0 Å². The van der Waals surface area contributed by atoms with E-state index in [4.69, 9.17) is 10.5 Å². The summed E-state index contributed by atoms with van der Waals surface area (Å²) in [5, 5.41) is 16.6. The number of phenols is 1. The van der Waals surface area contributed by atoms with Gasteiger partial charge in [-0.15, -0.1) is 17.9 Å². The monoisotopic (exact) mass is 318 g/mol. The Morgan fingerprint density at radius 1 is 1.55 bits per heavy atom. The van der Waals surface area contributed by atoms with Crippen molar-refractivity contribution in [2.75, 3.05) is 17.8 Å². The first-order valence-electron chi connectivity index (χ1n) is 6.73. The quantitative estimate of drug-likeness (QED) is 0.414. The van der Waals surface area contributed by atoms with Gasteiger partial charge in [-0.25, -0.2) is 4.98 Å². The number of nitrogens with zero attached hydrogens (tertiary/aromatic N) is 2. The maximum Gasteiger partial charge on any atom is 0.205 e. The number of rotatable bonds is 7. The standard InChI is InChI=1S/C15H18N4O2S/c1-3-5-11-6-10(7-12(14(11)20)21-4-2)8-17-19-15-18-13(16)9-22-15/h3,6-9,20H,1,4-5,16H2,2H3,(H,18,19). The van der Waals surface area contributed by atoms with Crippen LogP contribution in [0.25, 0.3) is 0 Å². The number of nitrogen functional groups attached to an aromatic ring is 1. The lowest BCUT2D eigenvalue weighted by molar-refractivity contribution is 0.317. The second kappa shape index (κ2) is 7.46. The molecule has 0 saturated carbocycles. The Kier molecular flexibility index (Phi) is 5.37. The molecule has 0 fully saturated rings. The van der Waals surface area contributed by atoms with E-state index in [0.717, 1.165) is 11.1 Å². The largest absolute Gasteiger partial charge is 0.504 e. The summed E-state index contributed by atoms with van der Waals surface area (Å²) in [5.41, 5.74) is 9.88. The molecule has 0 radical (unpaired) electrons. The van der Waals surface area contributed by atoms with E-state index in [-0.39, 0.29) is 5.75 Å². The van der Waals surface area contributed by atoms with Gasteiger partial charge < -0.3 is 15.6 Å². The third-order valence-corrected chi connectivity index (χ3v) is 3.50. The van der Waals surface area contributed by atoms with Gasteiger partial charge in [0.15, 0.2) is 11.5 Å². The van der Waals surface area contributed by atoms with Crippen molar-refractivity contribution in [2.45, 2.75) is 13.3 Å². The maximum atomic E-state index is 10.1. The highest BCUT2D eigenvalue weighted by Gasteiger charge is 2.09. The fourth-order valence-corrected chi connectivity index (χ4v) is 2.39. The number of benzene rings is 1. The van der Waals surface area contributed by atoms with E-state index in [1.807, 2.05) is 13.0 Å². The number of anilines is 2. The molecular weight excluding hydrogens is 300 g/mol. The SMILES string of the molecule is C=CCc1cc(C=NNc2nc(N)cs2)cc(OCC)c1O. The molecule has 0 bridgehead atoms. The number of aromatic hydroxyl groups is 1. The number of ether oxygens (including phenoxy) is 1. The zero-order valence-corrected chi connectivity index (χ0v) is 13.1. The lowest BCUT2D eigenvalue weighted by atomic mass is 10.1. The molecule has 116 valence electrons. The van der Waals surface area contributed by atoms with Crippen LogP contribution in [0.5, 0.6) is 11.5 Å². The number of hydrogen-bond acceptors (Lipinski definition) is 7. The number of hydrazone groups is 1. The smallest absolute Gasteiger partial charge is 0.205 e. The average molecular weight is 318 g/mol. The van der Waals surface area contributed by atoms with E-state index in [2.05, 4.69) is 22.1 Å². The fraction of sp³-hybridized carbons (Fsp3) is 0.200. The molecule has 1 aromatic carbocycles. The molecule has 0 saturated heterocycles. The van der Waals surface area contributed by atoms with Gasteiger partial charge in [0.05, 0.1) is 12.8 Å². The molecule has 1 heterocycles. The number of hydrogen-bond donors (Lipinski definition) is 3. The minimum Gasteiger partial charge on any atom is -0.504 e. The summed E-state index contributed by atoms with van der Waals surface area (Å²) in [5.74, 6) is 1.03. The number of phenolic OH excluding ortho intramolecular Hbond substituents is 1. The lowest BCUT2D eigenvalue weighted by Gasteiger charge is -2.10. The topological polar surface area (TPSA) is 92.8 Å². The third kappa shape index (κ3) is 3.98. The van der Waals surface area contributed by atoms with E-state index in [1.165, 1.54) is 11.3 Å². The highest BCUT2D eigenvalue weighted by atomic mass is 32.1. The van der Waals surface area contributed by atoms with Gasteiger partial charge in [0.1, 0.15) is 5.82 Å². The van der Waals surface area contributed by atoms with Crippen molar-refractivity contribution in [2.24, 2.45) is 5.10 Å². The van der Waals surface area contributed by atoms with Crippen molar-refractivity contribution in [3.8, 4) is 11.5 Å². The predicted octanol–water partition coefficient (Wildman–Crippen LogP) is 3.00. The van der Waals surface area contributed by atoms with Crippen LogP contribution in [-0.4, -0.2) is 22.9 Å². The molecule has 0 unspecified atom stereocenters. The minimum atomic E-state index is 0.138. The van der Waals surface area contributed by atoms with Crippen LogP contribution < -0.4 is 15.9 Å². The van der Waals surface area contributed by atoms with Crippen LogP contribution in [0.2, 0.25) is 0 Å². The van der Waals surface area contributed by atoms with Gasteiger partial charge >= 0.3 is 0 Å². The first kappa shape index (κ1) is 15.8. The van der Waals surface area contributed by atoms with Crippen molar-refractivity contribution < 1.29 is 9.84 Å². The molecule has 0 amide bonds. The van der Waals surface area contributed by atoms with Gasteiger partial charge in [0.25, 0.3) is 0 Å². The van der Waals surface area contributed by atoms with Crippen LogP contribution in [0.1, 0.15) is 18.1 Å². The van der Waals surface area contributed by atoms with Crippen LogP contribution in [-0.2, 0) is 6.42 Å². The summed E-state index contributed by atoms with van der Waals surface area (Å²) in [6.45, 7) is 6.02. The zero-order chi connectivity index (χ0) is 15.9. The Bertz CT molecular complexity index is 682. The van der Waals surface area contributed by atoms with E-state index >= 15 is 0 Å². The van der Waals surface area contributed by atoms with E-state index in [0.29, 0.717) is 29.7 Å². The third-order valence-electron chi connectivity index (χ3n) is 2.74. The summed E-state index contributed by atoms with van der Waals surface area (Å²) in [7, 11) is 0. The highest BCUT2D eigenvalue weighted by molar-refractivity contribution is 7.14. The number of aromatic nitrogens is 1. The second-order valence-electron chi connectivity index (χ2n) is 4.40. The second-order valence-corrected chi connectivity index (χ2v) is 5.26. The molecule has 0 aliphatic heterocycles. The number of thiazole rings is 1. The van der Waals surface area contributed by atoms with Gasteiger partial charge in [0, 0.05) is 10.9 Å². The molecule has 0 aliphatic carbocycles. The van der Waals surface area contributed by atoms with Crippen LogP contribution in [0.4, 0.5) is 10.9 Å². The summed E-state index contributed by atoms with van der Waals surface area (Å²) < 4.78 is 5.44. The normalized spacial score (nSPS) is 10.8. The molecule has 0 atom stereocenters. The van der Waals surface area contributed by atoms with Crippen molar-refractivity contribution in [3.63, 3.8) is 0 Å². The minimum absolute atomic E-state index is 0.138. The van der Waals surface area contributed by atoms with Crippen LogP contribution >= 0.6 is 11.3 Å². The van der Waals surface area contributed by atoms with E-state index in [9.17, 15) is 5.11 Å². The molecule has 2 rings (SSSR count). The molecular formula is C15H18N4O2S. The molecule has 1 aromatic heterocycles. The lowest BCUT2D eigenvalue weighted by Crippen LogP contribution is -1.97. The highest BCUT2D eigenvalue weighted by Crippen LogP contribution is 2.32. The Hall–Kier alpha value is -2.54. The molecule has 6 nitrogen and oxygen atoms in total. The molecule has 0 spiro atoms. The Morgan fingerprint density at radius 2 is 2.36 bits per heavy atom. The summed E-state index contributed by atoms with van der Waals surface area (Å²) in [6.07, 6.45) is 3.90. The number of allylic oxidation sites excluding steroid dienone is 1. The summed E-state index contributed by atoms with van der Waals surface area (Å²) >= 11 is 1.37. The molecule has 7 heteroatoms. The molecule has 22 heavy (non-hydrogen) atoms. The van der Waals surface area contributed by atoms with Gasteiger partial charge in [-0.3, -0.25) is 5.43 Å². The zero-order valence-electron chi connectivity index (χ0n) is 12.2. The van der Waals surface area contributed by atoms with Crippen molar-refractivity contribution >= 4 is 28.5 Å². The first-order chi connectivity index (χ1) is 10.6. The predicted molar refractivity (Wildman–Crippen MR) is 90.9 cm³/mol.